The van der Waals surface area contributed by atoms with Crippen molar-refractivity contribution in [1.82, 2.24) is 4.90 Å². The summed E-state index contributed by atoms with van der Waals surface area (Å²) in [4.78, 5) is 2.48. The number of hydrogen-bond donors (Lipinski definition) is 2. The predicted molar refractivity (Wildman–Crippen MR) is 96.7 cm³/mol. The van der Waals surface area contributed by atoms with Crippen LogP contribution in [0, 0.1) is 5.92 Å². The van der Waals surface area contributed by atoms with E-state index >= 15 is 0 Å². The molecule has 0 unspecified atom stereocenters. The number of nitrogens with zero attached hydrogens (tertiary/aromatic N) is 1. The largest absolute Gasteiger partial charge is 0.504 e. The van der Waals surface area contributed by atoms with E-state index in [0.717, 1.165) is 45.1 Å². The Balaban J connectivity index is 1.88. The zero-order chi connectivity index (χ0) is 16.1. The Morgan fingerprint density at radius 2 is 2.09 bits per heavy atom. The fourth-order valence-corrected chi connectivity index (χ4v) is 6.91. The molecule has 2 aliphatic heterocycles. The summed E-state index contributed by atoms with van der Waals surface area (Å²) in [5.74, 6) is 1.45. The number of rotatable bonds is 0. The number of piperidine rings is 1. The van der Waals surface area contributed by atoms with Crippen LogP contribution in [0.4, 0.5) is 0 Å². The molecule has 0 radical (unpaired) electrons. The maximum Gasteiger partial charge on any atom is 0.165 e. The van der Waals surface area contributed by atoms with Gasteiger partial charge in [-0.3, -0.25) is 0 Å². The minimum Gasteiger partial charge on any atom is -0.504 e. The maximum atomic E-state index is 10.7. The topological polar surface area (TPSA) is 52.9 Å². The molecule has 1 aromatic carbocycles. The quantitative estimate of drug-likeness (QED) is 0.393. The Kier molecular flexibility index (Phi) is 2.67. The highest BCUT2D eigenvalue weighted by Crippen LogP contribution is 2.61. The lowest BCUT2D eigenvalue weighted by molar-refractivity contribution is -0.0452. The van der Waals surface area contributed by atoms with E-state index in [2.05, 4.69) is 18.0 Å². The monoisotopic (exact) mass is 345 g/mol. The smallest absolute Gasteiger partial charge is 0.165 e. The molecule has 5 atom stereocenters. The molecule has 4 nitrogen and oxygen atoms in total. The maximum absolute atomic E-state index is 10.7. The number of ether oxygens (including phenoxy) is 1. The first-order valence-corrected chi connectivity index (χ1v) is 10.6. The molecule has 1 fully saturated rings. The molecule has 0 amide bonds. The molecule has 122 valence electrons. The molecule has 6 heteroatoms. The van der Waals surface area contributed by atoms with Crippen molar-refractivity contribution in [2.45, 2.75) is 36.5 Å². The number of phenolic OH excluding ortho intramolecular Hbond substituents is 1. The first kappa shape index (κ1) is 14.3. The van der Waals surface area contributed by atoms with Crippen LogP contribution in [0.5, 0.6) is 11.5 Å². The van der Waals surface area contributed by atoms with Crippen LogP contribution >= 0.6 is 0 Å². The Morgan fingerprint density at radius 3 is 2.87 bits per heavy atom. The zero-order valence-electron chi connectivity index (χ0n) is 13.8. The van der Waals surface area contributed by atoms with Crippen LogP contribution in [0.2, 0.25) is 0 Å². The molecular weight excluding hydrogens is 322 g/mol. The Labute approximate surface area is 142 Å². The summed E-state index contributed by atoms with van der Waals surface area (Å²) in [5, 5.41) is 23.8. The van der Waals surface area contributed by atoms with Gasteiger partial charge in [-0.05, 0) is 37.2 Å². The lowest BCUT2D eigenvalue weighted by atomic mass is 9.53. The number of likely N-dealkylation sites (N-methyl/N-ethyl adjacent to an activating group) is 1. The minimum atomic E-state index is -0.580. The second kappa shape index (κ2) is 4.30. The minimum absolute atomic E-state index is 0.139. The summed E-state index contributed by atoms with van der Waals surface area (Å²) in [5.41, 5.74) is 2.55. The van der Waals surface area contributed by atoms with Gasteiger partial charge in [0.1, 0.15) is 12.2 Å². The summed E-state index contributed by atoms with van der Waals surface area (Å²) in [6, 6.07) is 0.482. The molecule has 2 N–H and O–H groups in total. The number of aliphatic hydroxyl groups is 1. The molecule has 2 aliphatic carbocycles. The first-order chi connectivity index (χ1) is 11.0. The van der Waals surface area contributed by atoms with Crippen molar-refractivity contribution in [2.75, 3.05) is 13.6 Å². The molecule has 1 saturated heterocycles. The average molecular weight is 346 g/mol. The third-order valence-electron chi connectivity index (χ3n) is 7.03. The zero-order valence-corrected chi connectivity index (χ0v) is 17.8. The van der Waals surface area contributed by atoms with Crippen LogP contribution in [0.1, 0.15) is 17.5 Å². The van der Waals surface area contributed by atoms with Gasteiger partial charge >= 0.3 is 0 Å². The van der Waals surface area contributed by atoms with E-state index in [4.69, 9.17) is 4.74 Å². The van der Waals surface area contributed by atoms with E-state index in [9.17, 15) is 10.2 Å². The van der Waals surface area contributed by atoms with Crippen LogP contribution in [0.25, 0.3) is 0 Å². The number of likely N-dealkylation sites (tertiary alicyclic amines) is 1. The highest BCUT2D eigenvalue weighted by Gasteiger charge is 2.64. The molecule has 5 rings (SSSR count). The number of phenols is 1. The van der Waals surface area contributed by atoms with Crippen LogP contribution in [0.15, 0.2) is 12.2 Å². The van der Waals surface area contributed by atoms with Gasteiger partial charge in [0, 0.05) is 43.4 Å². The van der Waals surface area contributed by atoms with Crippen molar-refractivity contribution in [1.29, 1.82) is 0 Å². The Morgan fingerprint density at radius 1 is 1.30 bits per heavy atom. The summed E-state index contributed by atoms with van der Waals surface area (Å²) >= 11 is 0. The van der Waals surface area contributed by atoms with Gasteiger partial charge in [-0.25, -0.2) is 0 Å². The number of benzene rings is 1. The third kappa shape index (κ3) is 1.45. The fourth-order valence-electron chi connectivity index (χ4n) is 5.69. The van der Waals surface area contributed by atoms with Gasteiger partial charge in [-0.15, -0.1) is 0 Å². The molecule has 2 heterocycles. The van der Waals surface area contributed by atoms with Gasteiger partial charge < -0.3 is 19.8 Å². The van der Waals surface area contributed by atoms with E-state index in [1.807, 2.05) is 6.08 Å². The van der Waals surface area contributed by atoms with Gasteiger partial charge in [0.15, 0.2) is 11.5 Å². The van der Waals surface area contributed by atoms with E-state index in [1.54, 1.807) is 0 Å². The van der Waals surface area contributed by atoms with Crippen molar-refractivity contribution >= 4 is 30.9 Å². The summed E-state index contributed by atoms with van der Waals surface area (Å²) in [6.07, 6.45) is 5.37. The highest BCUT2D eigenvalue weighted by molar-refractivity contribution is 6.50. The molecule has 4 aliphatic rings. The average Bonchev–Trinajstić information content (AvgIpc) is 2.88. The SMILES string of the molecule is CN1CC[C@]23c4c5c([SiH3])c([SiH3])c(O)c4O[C@H]2[C@@H](O)C=C[C@H]3[C@H]1C5. The van der Waals surface area contributed by atoms with Crippen LogP contribution in [-0.4, -0.2) is 67.4 Å². The van der Waals surface area contributed by atoms with Crippen LogP contribution in [0.3, 0.4) is 0 Å². The second-order valence-corrected chi connectivity index (χ2v) is 9.76. The summed E-state index contributed by atoms with van der Waals surface area (Å²) in [6.45, 7) is 1.03. The molecule has 1 spiro atoms. The predicted octanol–water partition coefficient (Wildman–Crippen LogP) is -2.82. The number of aromatic hydroxyl groups is 1. The molecule has 0 aromatic heterocycles. The van der Waals surface area contributed by atoms with Gasteiger partial charge in [0.25, 0.3) is 0 Å². The van der Waals surface area contributed by atoms with Crippen molar-refractivity contribution in [2.24, 2.45) is 5.92 Å². The molecule has 0 saturated carbocycles. The lowest BCUT2D eigenvalue weighted by Crippen LogP contribution is -2.65. The summed E-state index contributed by atoms with van der Waals surface area (Å²) in [7, 11) is 4.02. The standard InChI is InChI=1S/C17H23NO3Si2/c1-18-5-4-17-8-2-3-10(19)16(17)21-13-11(17)7(6-9(8)18)14(22)15(23)12(13)20/h2-3,8-10,16,19-20H,4-6H2,1,22-23H3/t8-,9+,10-,16-,17-/m0/s1. The van der Waals surface area contributed by atoms with Gasteiger partial charge in [0.2, 0.25) is 0 Å². The van der Waals surface area contributed by atoms with Crippen molar-refractivity contribution < 1.29 is 14.9 Å². The lowest BCUT2D eigenvalue weighted by Gasteiger charge is -2.56. The van der Waals surface area contributed by atoms with Crippen LogP contribution in [-0.2, 0) is 11.8 Å². The summed E-state index contributed by atoms with van der Waals surface area (Å²) < 4.78 is 6.26. The van der Waals surface area contributed by atoms with Gasteiger partial charge in [0.05, 0.1) is 0 Å². The molecule has 23 heavy (non-hydrogen) atoms. The number of hydrogen-bond acceptors (Lipinski definition) is 4. The molecular formula is C17H23NO3Si2. The Bertz CT molecular complexity index is 765. The number of aliphatic hydroxyl groups excluding tert-OH is 1. The Hall–Kier alpha value is -1.09. The van der Waals surface area contributed by atoms with E-state index in [0.29, 0.717) is 23.5 Å². The van der Waals surface area contributed by atoms with E-state index in [1.165, 1.54) is 16.3 Å². The first-order valence-electron chi connectivity index (χ1n) is 8.55. The van der Waals surface area contributed by atoms with Crippen molar-refractivity contribution in [3.05, 3.63) is 23.3 Å². The second-order valence-electron chi connectivity index (χ2n) is 7.76. The van der Waals surface area contributed by atoms with Gasteiger partial charge in [-0.2, -0.15) is 0 Å². The molecule has 2 bridgehead atoms. The van der Waals surface area contributed by atoms with Crippen molar-refractivity contribution in [3.63, 3.8) is 0 Å². The van der Waals surface area contributed by atoms with Gasteiger partial charge in [-0.1, -0.05) is 17.3 Å². The fraction of sp³-hybridized carbons (Fsp3) is 0.529. The normalized spacial score (nSPS) is 40.3. The molecule has 1 aromatic rings. The van der Waals surface area contributed by atoms with Crippen LogP contribution < -0.4 is 15.1 Å². The van der Waals surface area contributed by atoms with E-state index < -0.39 is 6.10 Å². The highest BCUT2D eigenvalue weighted by atomic mass is 28.2. The third-order valence-corrected chi connectivity index (χ3v) is 10.6. The van der Waals surface area contributed by atoms with E-state index in [-0.39, 0.29) is 11.5 Å². The van der Waals surface area contributed by atoms with Crippen molar-refractivity contribution in [3.8, 4) is 11.5 Å².